The molecule has 0 bridgehead atoms. The summed E-state index contributed by atoms with van der Waals surface area (Å²) in [4.78, 5) is 5.16. The Labute approximate surface area is 161 Å². The highest BCUT2D eigenvalue weighted by molar-refractivity contribution is 7.91. The van der Waals surface area contributed by atoms with Gasteiger partial charge in [-0.05, 0) is 38.8 Å². The predicted octanol–water partition coefficient (Wildman–Crippen LogP) is 3.49. The summed E-state index contributed by atoms with van der Waals surface area (Å²) < 4.78 is 37.8. The van der Waals surface area contributed by atoms with Gasteiger partial charge in [0.2, 0.25) is 5.89 Å². The van der Waals surface area contributed by atoms with Crippen molar-refractivity contribution in [2.24, 2.45) is 0 Å². The molecule has 0 amide bonds. The molecule has 3 aromatic heterocycles. The first-order valence-electron chi connectivity index (χ1n) is 8.68. The summed E-state index contributed by atoms with van der Waals surface area (Å²) in [5.74, 6) is 1.98. The minimum Gasteiger partial charge on any atom is -0.361 e. The second kappa shape index (κ2) is 6.84. The lowest BCUT2D eigenvalue weighted by Gasteiger charge is -2.20. The molecule has 0 unspecified atom stereocenters. The fraction of sp³-hybridized carbons (Fsp3) is 0.471. The van der Waals surface area contributed by atoms with Crippen molar-refractivity contribution >= 4 is 21.4 Å². The standard InChI is InChI=1S/C17H20N4O4S2/c1-10-16(11(2)24-19-10)13-7-8-15(26-13)27(22,23)21(3)9-14-18-17(25-20-14)12-5-4-6-12/h7-8,12H,4-6,9H2,1-3H3. The molecule has 0 atom stereocenters. The van der Waals surface area contributed by atoms with Crippen molar-refractivity contribution in [3.63, 3.8) is 0 Å². The van der Waals surface area contributed by atoms with Crippen molar-refractivity contribution in [2.45, 2.75) is 49.8 Å². The molecule has 0 saturated heterocycles. The third-order valence-corrected chi connectivity index (χ3v) is 8.20. The van der Waals surface area contributed by atoms with Gasteiger partial charge in [0.1, 0.15) is 9.97 Å². The van der Waals surface area contributed by atoms with Gasteiger partial charge in [-0.25, -0.2) is 8.42 Å². The zero-order chi connectivity index (χ0) is 19.2. The molecule has 3 heterocycles. The zero-order valence-corrected chi connectivity index (χ0v) is 16.9. The number of nitrogens with zero attached hydrogens (tertiary/aromatic N) is 4. The van der Waals surface area contributed by atoms with Crippen LogP contribution in [0, 0.1) is 13.8 Å². The molecule has 0 radical (unpaired) electrons. The van der Waals surface area contributed by atoms with Crippen LogP contribution < -0.4 is 0 Å². The molecular formula is C17H20N4O4S2. The van der Waals surface area contributed by atoms with Crippen molar-refractivity contribution in [3.8, 4) is 10.4 Å². The maximum atomic E-state index is 12.9. The highest BCUT2D eigenvalue weighted by Gasteiger charge is 2.28. The van der Waals surface area contributed by atoms with Gasteiger partial charge in [0.05, 0.1) is 17.8 Å². The van der Waals surface area contributed by atoms with Gasteiger partial charge in [-0.1, -0.05) is 16.7 Å². The molecule has 27 heavy (non-hydrogen) atoms. The summed E-state index contributed by atoms with van der Waals surface area (Å²) in [6.45, 7) is 3.71. The van der Waals surface area contributed by atoms with Crippen molar-refractivity contribution < 1.29 is 17.5 Å². The van der Waals surface area contributed by atoms with E-state index in [-0.39, 0.29) is 10.8 Å². The fourth-order valence-corrected chi connectivity index (χ4v) is 5.81. The second-order valence-corrected chi connectivity index (χ2v) is 10.1. The first-order valence-corrected chi connectivity index (χ1v) is 10.9. The summed E-state index contributed by atoms with van der Waals surface area (Å²) in [6, 6.07) is 3.38. The van der Waals surface area contributed by atoms with Crippen LogP contribution in [0.3, 0.4) is 0 Å². The Balaban J connectivity index is 1.53. The average Bonchev–Trinajstić information content (AvgIpc) is 3.27. The minimum atomic E-state index is -3.66. The Hall–Kier alpha value is -2.04. The minimum absolute atomic E-state index is 0.0666. The Bertz CT molecular complexity index is 1040. The summed E-state index contributed by atoms with van der Waals surface area (Å²) in [6.07, 6.45) is 3.27. The number of hydrogen-bond donors (Lipinski definition) is 0. The third-order valence-electron chi connectivity index (χ3n) is 4.83. The summed E-state index contributed by atoms with van der Waals surface area (Å²) in [7, 11) is -2.14. The Morgan fingerprint density at radius 2 is 2.00 bits per heavy atom. The van der Waals surface area contributed by atoms with Crippen molar-refractivity contribution in [1.82, 2.24) is 19.6 Å². The largest absolute Gasteiger partial charge is 0.361 e. The van der Waals surface area contributed by atoms with Crippen LogP contribution in [0.15, 0.2) is 25.4 Å². The molecule has 8 nitrogen and oxygen atoms in total. The van der Waals surface area contributed by atoms with Gasteiger partial charge in [0, 0.05) is 17.8 Å². The van der Waals surface area contributed by atoms with Crippen LogP contribution in [0.1, 0.15) is 48.3 Å². The molecular weight excluding hydrogens is 388 g/mol. The fourth-order valence-electron chi connectivity index (χ4n) is 3.02. The predicted molar refractivity (Wildman–Crippen MR) is 98.8 cm³/mol. The van der Waals surface area contributed by atoms with E-state index >= 15 is 0 Å². The van der Waals surface area contributed by atoms with Crippen LogP contribution in [0.4, 0.5) is 0 Å². The molecule has 0 aromatic carbocycles. The Kier molecular flexibility index (Phi) is 4.65. The van der Waals surface area contributed by atoms with Gasteiger partial charge >= 0.3 is 0 Å². The molecule has 1 saturated carbocycles. The Morgan fingerprint density at radius 3 is 2.63 bits per heavy atom. The van der Waals surface area contributed by atoms with E-state index < -0.39 is 10.0 Å². The monoisotopic (exact) mass is 408 g/mol. The van der Waals surface area contributed by atoms with Crippen molar-refractivity contribution in [3.05, 3.63) is 35.3 Å². The average molecular weight is 409 g/mol. The molecule has 10 heteroatoms. The molecule has 1 aliphatic carbocycles. The molecule has 3 aromatic rings. The molecule has 0 N–H and O–H groups in total. The van der Waals surface area contributed by atoms with Crippen LogP contribution in [0.5, 0.6) is 0 Å². The number of rotatable bonds is 6. The van der Waals surface area contributed by atoms with E-state index in [1.807, 2.05) is 13.8 Å². The molecule has 4 rings (SSSR count). The molecule has 0 aliphatic heterocycles. The van der Waals surface area contributed by atoms with Gasteiger partial charge in [0.15, 0.2) is 5.82 Å². The maximum Gasteiger partial charge on any atom is 0.252 e. The smallest absolute Gasteiger partial charge is 0.252 e. The van der Waals surface area contributed by atoms with E-state index in [4.69, 9.17) is 9.05 Å². The van der Waals surface area contributed by atoms with E-state index in [0.29, 0.717) is 23.4 Å². The van der Waals surface area contributed by atoms with Gasteiger partial charge in [0.25, 0.3) is 10.0 Å². The zero-order valence-electron chi connectivity index (χ0n) is 15.3. The van der Waals surface area contributed by atoms with Crippen LogP contribution in [0.25, 0.3) is 10.4 Å². The number of aromatic nitrogens is 3. The molecule has 1 aliphatic rings. The van der Waals surface area contributed by atoms with Crippen LogP contribution >= 0.6 is 11.3 Å². The SMILES string of the molecule is Cc1noc(C)c1-c1ccc(S(=O)(=O)N(C)Cc2noc(C3CCC3)n2)s1. The Morgan fingerprint density at radius 1 is 1.22 bits per heavy atom. The number of sulfonamides is 1. The molecule has 144 valence electrons. The lowest BCUT2D eigenvalue weighted by molar-refractivity contribution is 0.290. The third kappa shape index (κ3) is 3.32. The van der Waals surface area contributed by atoms with Crippen LogP contribution in [-0.4, -0.2) is 35.1 Å². The van der Waals surface area contributed by atoms with Crippen LogP contribution in [-0.2, 0) is 16.6 Å². The second-order valence-electron chi connectivity index (χ2n) is 6.76. The highest BCUT2D eigenvalue weighted by Crippen LogP contribution is 2.36. The quantitative estimate of drug-likeness (QED) is 0.615. The van der Waals surface area contributed by atoms with E-state index in [1.54, 1.807) is 12.1 Å². The normalized spacial score (nSPS) is 15.4. The van der Waals surface area contributed by atoms with E-state index in [0.717, 1.165) is 29.0 Å². The van der Waals surface area contributed by atoms with Gasteiger partial charge in [-0.15, -0.1) is 11.3 Å². The molecule has 1 fully saturated rings. The highest BCUT2D eigenvalue weighted by atomic mass is 32.2. The summed E-state index contributed by atoms with van der Waals surface area (Å²) in [5, 5.41) is 7.85. The lowest BCUT2D eigenvalue weighted by atomic mass is 9.85. The first kappa shape index (κ1) is 18.3. The number of thiophene rings is 1. The van der Waals surface area contributed by atoms with E-state index in [1.165, 1.54) is 29.1 Å². The summed E-state index contributed by atoms with van der Waals surface area (Å²) in [5.41, 5.74) is 1.58. The van der Waals surface area contributed by atoms with Crippen molar-refractivity contribution in [1.29, 1.82) is 0 Å². The summed E-state index contributed by atoms with van der Waals surface area (Å²) >= 11 is 1.19. The van der Waals surface area contributed by atoms with Crippen LogP contribution in [0.2, 0.25) is 0 Å². The number of aryl methyl sites for hydroxylation is 2. The molecule has 0 spiro atoms. The lowest BCUT2D eigenvalue weighted by Crippen LogP contribution is -2.26. The first-order chi connectivity index (χ1) is 12.9. The van der Waals surface area contributed by atoms with E-state index in [2.05, 4.69) is 15.3 Å². The number of hydrogen-bond acceptors (Lipinski definition) is 8. The van der Waals surface area contributed by atoms with Crippen molar-refractivity contribution in [2.75, 3.05) is 7.05 Å². The van der Waals surface area contributed by atoms with E-state index in [9.17, 15) is 8.42 Å². The van der Waals surface area contributed by atoms with Gasteiger partial charge in [-0.3, -0.25) is 0 Å². The van der Waals surface area contributed by atoms with Gasteiger partial charge < -0.3 is 9.05 Å². The topological polar surface area (TPSA) is 102 Å². The van der Waals surface area contributed by atoms with Gasteiger partial charge in [-0.2, -0.15) is 9.29 Å². The maximum absolute atomic E-state index is 12.9.